The molecule has 11 rings (SSSR count). The molecule has 0 saturated carbocycles. The lowest BCUT2D eigenvalue weighted by Gasteiger charge is -2.12. The van der Waals surface area contributed by atoms with E-state index in [1.807, 2.05) is 0 Å². The van der Waals surface area contributed by atoms with E-state index in [2.05, 4.69) is 191 Å². The summed E-state index contributed by atoms with van der Waals surface area (Å²) in [5.74, 6) is 0. The van der Waals surface area contributed by atoms with Crippen molar-refractivity contribution in [1.29, 1.82) is 0 Å². The Hall–Kier alpha value is -6.64. The lowest BCUT2D eigenvalue weighted by Crippen LogP contribution is -1.95. The zero-order valence-electron chi connectivity index (χ0n) is 27.2. The van der Waals surface area contributed by atoms with Crippen molar-refractivity contribution in [3.8, 4) is 39.1 Å². The maximum Gasteiger partial charge on any atom is 0.0620 e. The third-order valence-electron chi connectivity index (χ3n) is 10.7. The van der Waals surface area contributed by atoms with Crippen LogP contribution in [0.3, 0.4) is 0 Å². The fourth-order valence-electron chi connectivity index (χ4n) is 8.41. The van der Waals surface area contributed by atoms with Gasteiger partial charge in [-0.25, -0.2) is 0 Å². The summed E-state index contributed by atoms with van der Waals surface area (Å²) in [6, 6.07) is 66.6. The van der Waals surface area contributed by atoms with Crippen LogP contribution in [-0.2, 0) is 0 Å². The Morgan fingerprint density at radius 3 is 1.64 bits per heavy atom. The first-order valence-corrected chi connectivity index (χ1v) is 17.3. The summed E-state index contributed by atoms with van der Waals surface area (Å²) in [6.07, 6.45) is 0. The second-order valence-electron chi connectivity index (χ2n) is 13.3. The van der Waals surface area contributed by atoms with Crippen molar-refractivity contribution in [3.05, 3.63) is 182 Å². The molecule has 11 aromatic rings. The molecule has 50 heavy (non-hydrogen) atoms. The van der Waals surface area contributed by atoms with Crippen LogP contribution in [0.4, 0.5) is 0 Å². The minimum Gasteiger partial charge on any atom is -0.309 e. The van der Waals surface area contributed by atoms with Gasteiger partial charge in [-0.15, -0.1) is 0 Å². The van der Waals surface area contributed by atoms with E-state index in [4.69, 9.17) is 0 Å². The van der Waals surface area contributed by atoms with Gasteiger partial charge in [-0.05, 0) is 64.2 Å². The Kier molecular flexibility index (Phi) is 5.70. The highest BCUT2D eigenvalue weighted by Gasteiger charge is 2.20. The first-order valence-electron chi connectivity index (χ1n) is 17.3. The molecule has 0 aliphatic heterocycles. The normalized spacial score (nSPS) is 12.0. The van der Waals surface area contributed by atoms with Crippen molar-refractivity contribution < 1.29 is 0 Å². The number of aromatic nitrogens is 2. The van der Waals surface area contributed by atoms with Gasteiger partial charge in [0.05, 0.1) is 27.6 Å². The van der Waals surface area contributed by atoms with Gasteiger partial charge < -0.3 is 8.97 Å². The van der Waals surface area contributed by atoms with E-state index in [9.17, 15) is 0 Å². The topological polar surface area (TPSA) is 9.34 Å². The van der Waals surface area contributed by atoms with Crippen LogP contribution >= 0.6 is 0 Å². The quantitative estimate of drug-likeness (QED) is 0.182. The molecule has 2 heteroatoms. The van der Waals surface area contributed by atoms with Gasteiger partial charge in [0.15, 0.2) is 0 Å². The molecule has 0 aliphatic carbocycles. The van der Waals surface area contributed by atoms with Gasteiger partial charge in [-0.2, -0.15) is 0 Å². The molecule has 0 saturated heterocycles. The molecule has 0 unspecified atom stereocenters. The summed E-state index contributed by atoms with van der Waals surface area (Å²) < 4.78 is 4.91. The Morgan fingerprint density at radius 2 is 0.840 bits per heavy atom. The second-order valence-corrected chi connectivity index (χ2v) is 13.3. The average molecular weight is 635 g/mol. The largest absolute Gasteiger partial charge is 0.309 e. The van der Waals surface area contributed by atoms with Gasteiger partial charge >= 0.3 is 0 Å². The zero-order chi connectivity index (χ0) is 32.8. The molecule has 8 aromatic carbocycles. The molecule has 0 radical (unpaired) electrons. The molecule has 0 fully saturated rings. The Morgan fingerprint density at radius 1 is 0.280 bits per heavy atom. The van der Waals surface area contributed by atoms with E-state index in [0.717, 1.165) is 5.69 Å². The minimum atomic E-state index is 1.16. The van der Waals surface area contributed by atoms with Crippen LogP contribution in [0.25, 0.3) is 99.0 Å². The first-order chi connectivity index (χ1) is 24.8. The van der Waals surface area contributed by atoms with Gasteiger partial charge in [0, 0.05) is 43.6 Å². The van der Waals surface area contributed by atoms with Gasteiger partial charge in [-0.1, -0.05) is 146 Å². The summed E-state index contributed by atoms with van der Waals surface area (Å²) in [5, 5.41) is 7.73. The number of para-hydroxylation sites is 4. The predicted molar refractivity (Wildman–Crippen MR) is 212 cm³/mol. The van der Waals surface area contributed by atoms with E-state index in [-0.39, 0.29) is 0 Å². The van der Waals surface area contributed by atoms with Crippen LogP contribution in [0, 0.1) is 0 Å². The van der Waals surface area contributed by atoms with Gasteiger partial charge in [0.2, 0.25) is 0 Å². The molecule has 0 atom stereocenters. The third-order valence-corrected chi connectivity index (χ3v) is 10.7. The number of hydrogen-bond acceptors (Lipinski definition) is 0. The standard InChI is InChI=1S/C48H30N2/c1-3-11-31(12-4-1)32-21-23-33(24-22-32)37-16-9-19-42-43-29-34(26-28-45(43)49(47(37)42)36-13-5-2-6-14-36)35-25-27-39-41-18-10-17-40-38-15-7-8-20-44(38)50(48(40)41)46(39)30-35/h1-30H. The maximum atomic E-state index is 2.47. The van der Waals surface area contributed by atoms with E-state index in [0.29, 0.717) is 0 Å². The average Bonchev–Trinajstić information content (AvgIpc) is 3.83. The molecular weight excluding hydrogens is 605 g/mol. The highest BCUT2D eigenvalue weighted by Crippen LogP contribution is 2.42. The van der Waals surface area contributed by atoms with Crippen molar-refractivity contribution >= 4 is 59.9 Å². The fraction of sp³-hybridized carbons (Fsp3) is 0. The summed E-state index contributed by atoms with van der Waals surface area (Å²) in [5.41, 5.74) is 14.7. The molecule has 2 nitrogen and oxygen atoms in total. The summed E-state index contributed by atoms with van der Waals surface area (Å²) >= 11 is 0. The predicted octanol–water partition coefficient (Wildman–Crippen LogP) is 12.9. The molecule has 0 N–H and O–H groups in total. The van der Waals surface area contributed by atoms with Crippen molar-refractivity contribution in [2.24, 2.45) is 0 Å². The number of nitrogens with zero attached hydrogens (tertiary/aromatic N) is 2. The molecule has 0 spiro atoms. The zero-order valence-corrected chi connectivity index (χ0v) is 27.2. The van der Waals surface area contributed by atoms with Crippen molar-refractivity contribution in [2.45, 2.75) is 0 Å². The summed E-state index contributed by atoms with van der Waals surface area (Å²) in [7, 11) is 0. The summed E-state index contributed by atoms with van der Waals surface area (Å²) in [4.78, 5) is 0. The monoisotopic (exact) mass is 634 g/mol. The van der Waals surface area contributed by atoms with Gasteiger partial charge in [0.25, 0.3) is 0 Å². The minimum absolute atomic E-state index is 1.16. The molecule has 232 valence electrons. The SMILES string of the molecule is c1ccc(-c2ccc(-c3cccc4c5cc(-c6ccc7c8cccc9c%10ccccc%10n(c7c6)c98)ccc5n(-c5ccccc5)c34)cc2)cc1. The van der Waals surface area contributed by atoms with E-state index >= 15 is 0 Å². The number of fused-ring (bicyclic) bond motifs is 9. The first kappa shape index (κ1) is 27.3. The van der Waals surface area contributed by atoms with E-state index in [1.165, 1.54) is 93.3 Å². The lowest BCUT2D eigenvalue weighted by molar-refractivity contribution is 1.18. The Labute approximate surface area is 289 Å². The van der Waals surface area contributed by atoms with Crippen molar-refractivity contribution in [1.82, 2.24) is 8.97 Å². The van der Waals surface area contributed by atoms with E-state index < -0.39 is 0 Å². The maximum absolute atomic E-state index is 2.47. The molecule has 0 bridgehead atoms. The number of hydrogen-bond donors (Lipinski definition) is 0. The molecule has 0 aliphatic rings. The molecule has 3 aromatic heterocycles. The smallest absolute Gasteiger partial charge is 0.0620 e. The van der Waals surface area contributed by atoms with Crippen LogP contribution < -0.4 is 0 Å². The highest BCUT2D eigenvalue weighted by atomic mass is 15.0. The Bertz CT molecular complexity index is 3050. The summed E-state index contributed by atoms with van der Waals surface area (Å²) in [6.45, 7) is 0. The third kappa shape index (κ3) is 3.85. The van der Waals surface area contributed by atoms with Gasteiger partial charge in [0.1, 0.15) is 0 Å². The van der Waals surface area contributed by atoms with Crippen LogP contribution in [0.1, 0.15) is 0 Å². The van der Waals surface area contributed by atoms with Gasteiger partial charge in [-0.3, -0.25) is 0 Å². The number of rotatable bonds is 4. The molecule has 3 heterocycles. The highest BCUT2D eigenvalue weighted by molar-refractivity contribution is 6.23. The molecular formula is C48H30N2. The van der Waals surface area contributed by atoms with E-state index in [1.54, 1.807) is 0 Å². The van der Waals surface area contributed by atoms with Crippen molar-refractivity contribution in [3.63, 3.8) is 0 Å². The Balaban J connectivity index is 1.13. The van der Waals surface area contributed by atoms with Crippen LogP contribution in [0.2, 0.25) is 0 Å². The second kappa shape index (κ2) is 10.4. The fourth-order valence-corrected chi connectivity index (χ4v) is 8.41. The van der Waals surface area contributed by atoms with Crippen LogP contribution in [-0.4, -0.2) is 8.97 Å². The van der Waals surface area contributed by atoms with Crippen LogP contribution in [0.5, 0.6) is 0 Å². The number of benzene rings is 8. The van der Waals surface area contributed by atoms with Crippen molar-refractivity contribution in [2.75, 3.05) is 0 Å². The lowest BCUT2D eigenvalue weighted by atomic mass is 9.98. The molecule has 0 amide bonds. The van der Waals surface area contributed by atoms with Crippen LogP contribution in [0.15, 0.2) is 182 Å².